The summed E-state index contributed by atoms with van der Waals surface area (Å²) >= 11 is 0. The summed E-state index contributed by atoms with van der Waals surface area (Å²) in [6.45, 7) is 2.82. The van der Waals surface area contributed by atoms with Crippen molar-refractivity contribution in [3.05, 3.63) is 88.1 Å². The molecule has 1 aromatic carbocycles. The molecule has 1 saturated heterocycles. The second kappa shape index (κ2) is 11.0. The van der Waals surface area contributed by atoms with Gasteiger partial charge in [-0.3, -0.25) is 19.0 Å². The monoisotopic (exact) mass is 613 g/mol. The summed E-state index contributed by atoms with van der Waals surface area (Å²) in [6, 6.07) is 9.11. The molecule has 4 aromatic rings. The number of aryl methyl sites for hydroxylation is 1. The van der Waals surface area contributed by atoms with Crippen molar-refractivity contribution in [1.29, 1.82) is 0 Å². The normalized spacial score (nSPS) is 19.0. The van der Waals surface area contributed by atoms with Crippen molar-refractivity contribution in [2.45, 2.75) is 44.8 Å². The predicted octanol–water partition coefficient (Wildman–Crippen LogP) is 3.82. The van der Waals surface area contributed by atoms with Crippen molar-refractivity contribution < 1.29 is 31.8 Å². The Morgan fingerprint density at radius 1 is 1.18 bits per heavy atom. The highest BCUT2D eigenvalue weighted by Crippen LogP contribution is 2.44. The molecule has 5 heterocycles. The van der Waals surface area contributed by atoms with E-state index in [2.05, 4.69) is 20.4 Å². The van der Waals surface area contributed by atoms with Crippen molar-refractivity contribution in [1.82, 2.24) is 29.6 Å². The van der Waals surface area contributed by atoms with Gasteiger partial charge in [-0.25, -0.2) is 9.18 Å². The number of hydrogen-bond acceptors (Lipinski definition) is 8. The van der Waals surface area contributed by atoms with Crippen LogP contribution in [0.1, 0.15) is 30.3 Å². The van der Waals surface area contributed by atoms with Crippen molar-refractivity contribution in [2.75, 3.05) is 11.4 Å². The van der Waals surface area contributed by atoms with Crippen LogP contribution in [0, 0.1) is 11.7 Å². The number of nitrogens with one attached hydrogen (secondary N) is 1. The maximum Gasteiger partial charge on any atom is 0.433 e. The Kier molecular flexibility index (Phi) is 7.25. The molecule has 1 N–H and O–H groups in total. The lowest BCUT2D eigenvalue weighted by molar-refractivity contribution is -0.141. The summed E-state index contributed by atoms with van der Waals surface area (Å²) in [6.07, 6.45) is -1.42. The summed E-state index contributed by atoms with van der Waals surface area (Å²) in [4.78, 5) is 35.7. The lowest BCUT2D eigenvalue weighted by Gasteiger charge is -2.30. The minimum Gasteiger partial charge on any atom is -0.473 e. The molecule has 0 spiro atoms. The number of rotatable bonds is 8. The number of aromatic nitrogens is 5. The van der Waals surface area contributed by atoms with Crippen molar-refractivity contribution >= 4 is 11.7 Å². The van der Waals surface area contributed by atoms with E-state index in [-0.39, 0.29) is 48.9 Å². The zero-order chi connectivity index (χ0) is 31.2. The third kappa shape index (κ3) is 5.56. The molecule has 3 aromatic heterocycles. The van der Waals surface area contributed by atoms with Gasteiger partial charge in [0.15, 0.2) is 11.6 Å². The number of alkyl halides is 3. The number of carbonyl (C=O) groups is 1. The molecule has 2 atom stereocenters. The van der Waals surface area contributed by atoms with Crippen LogP contribution in [0.15, 0.2) is 59.7 Å². The first-order chi connectivity index (χ1) is 20.9. The van der Waals surface area contributed by atoms with Gasteiger partial charge >= 0.3 is 11.9 Å². The molecule has 11 nitrogen and oxygen atoms in total. The fourth-order valence-corrected chi connectivity index (χ4v) is 5.69. The fourth-order valence-electron chi connectivity index (χ4n) is 5.69. The molecule has 44 heavy (non-hydrogen) atoms. The van der Waals surface area contributed by atoms with Gasteiger partial charge in [-0.2, -0.15) is 23.3 Å². The van der Waals surface area contributed by atoms with Gasteiger partial charge in [0, 0.05) is 38.1 Å². The highest BCUT2D eigenvalue weighted by molar-refractivity contribution is 5.91. The lowest BCUT2D eigenvalue weighted by Crippen LogP contribution is -2.54. The standard InChI is InChI=1S/C29H27F4N7O4/c1-17-12-28(26(41)35-13-19-6-8-38(2)37-19)16-39-25(40(28)14-17)11-24(36-27(39)42)43-15-18-3-4-22(21(30)9-18)44-20-5-7-34-23(10-20)29(31,32)33/h3-11,17H,12-16H2,1-2H3,(H,35,41)/t17-,28-/m1/s1. The number of nitrogens with zero attached hydrogens (tertiary/aromatic N) is 6. The minimum absolute atomic E-state index is 0.00250. The fraction of sp³-hybridized carbons (Fsp3) is 0.345. The zero-order valence-corrected chi connectivity index (χ0v) is 23.6. The first-order valence-corrected chi connectivity index (χ1v) is 13.7. The van der Waals surface area contributed by atoms with Crippen LogP contribution < -0.4 is 25.4 Å². The van der Waals surface area contributed by atoms with E-state index in [9.17, 15) is 27.2 Å². The van der Waals surface area contributed by atoms with E-state index in [0.29, 0.717) is 36.1 Å². The number of pyridine rings is 1. The summed E-state index contributed by atoms with van der Waals surface area (Å²) in [7, 11) is 1.79. The van der Waals surface area contributed by atoms with Crippen LogP contribution in [0.25, 0.3) is 0 Å². The van der Waals surface area contributed by atoms with E-state index in [0.717, 1.165) is 12.3 Å². The quantitative estimate of drug-likeness (QED) is 0.299. The molecule has 230 valence electrons. The van der Waals surface area contributed by atoms with Crippen LogP contribution in [0.3, 0.4) is 0 Å². The summed E-state index contributed by atoms with van der Waals surface area (Å²) < 4.78 is 67.7. The van der Waals surface area contributed by atoms with Gasteiger partial charge in [0.25, 0.3) is 0 Å². The Balaban J connectivity index is 1.15. The maximum atomic E-state index is 14.8. The Morgan fingerprint density at radius 3 is 2.73 bits per heavy atom. The van der Waals surface area contributed by atoms with Crippen molar-refractivity contribution in [3.8, 4) is 17.4 Å². The molecule has 1 fully saturated rings. The van der Waals surface area contributed by atoms with Crippen molar-refractivity contribution in [3.63, 3.8) is 0 Å². The maximum absolute atomic E-state index is 14.8. The third-order valence-electron chi connectivity index (χ3n) is 7.61. The van der Waals surface area contributed by atoms with Crippen molar-refractivity contribution in [2.24, 2.45) is 13.0 Å². The van der Waals surface area contributed by atoms with Crippen LogP contribution in [0.5, 0.6) is 17.4 Å². The second-order valence-electron chi connectivity index (χ2n) is 11.0. The molecule has 6 rings (SSSR count). The number of hydrogen-bond donors (Lipinski definition) is 1. The highest BCUT2D eigenvalue weighted by Gasteiger charge is 2.55. The minimum atomic E-state index is -4.67. The van der Waals surface area contributed by atoms with Gasteiger partial charge in [0.1, 0.15) is 29.4 Å². The number of ether oxygens (including phenoxy) is 2. The molecule has 2 aliphatic heterocycles. The summed E-state index contributed by atoms with van der Waals surface area (Å²) in [5.41, 5.74) is -1.63. The molecular formula is C29H27F4N7O4. The Hall–Kier alpha value is -4.95. The van der Waals surface area contributed by atoms with Gasteiger partial charge in [-0.15, -0.1) is 0 Å². The van der Waals surface area contributed by atoms with Gasteiger partial charge < -0.3 is 19.7 Å². The SMILES string of the molecule is C[C@H]1CN2c3cc(OCc4ccc(Oc5ccnc(C(F)(F)F)c5)c(F)c4)nc(=O)n3C[C@@]2(C(=O)NCc2ccn(C)n2)C1. The molecule has 15 heteroatoms. The molecule has 0 aliphatic carbocycles. The van der Waals surface area contributed by atoms with Crippen LogP contribution >= 0.6 is 0 Å². The first kappa shape index (κ1) is 29.1. The number of anilines is 1. The van der Waals surface area contributed by atoms with Crippen LogP contribution in [0.4, 0.5) is 23.4 Å². The zero-order valence-electron chi connectivity index (χ0n) is 23.6. The highest BCUT2D eigenvalue weighted by atomic mass is 19.4. The molecule has 0 saturated carbocycles. The van der Waals surface area contributed by atoms with Crippen LogP contribution in [-0.4, -0.2) is 42.3 Å². The molecule has 0 unspecified atom stereocenters. The topological polar surface area (TPSA) is 116 Å². The number of halogens is 4. The average Bonchev–Trinajstić information content (AvgIpc) is 3.63. The molecule has 0 radical (unpaired) electrons. The Morgan fingerprint density at radius 2 is 2.00 bits per heavy atom. The van der Waals surface area contributed by atoms with Gasteiger partial charge in [0.2, 0.25) is 11.8 Å². The average molecular weight is 614 g/mol. The predicted molar refractivity (Wildman–Crippen MR) is 147 cm³/mol. The van der Waals surface area contributed by atoms with E-state index in [4.69, 9.17) is 9.47 Å². The molecule has 0 bridgehead atoms. The van der Waals surface area contributed by atoms with E-state index in [1.807, 2.05) is 17.9 Å². The van der Waals surface area contributed by atoms with E-state index in [1.165, 1.54) is 22.8 Å². The molecule has 1 amide bonds. The smallest absolute Gasteiger partial charge is 0.433 e. The van der Waals surface area contributed by atoms with E-state index in [1.54, 1.807) is 24.0 Å². The van der Waals surface area contributed by atoms with Gasteiger partial charge in [-0.05, 0) is 42.2 Å². The van der Waals surface area contributed by atoms with E-state index < -0.39 is 28.9 Å². The van der Waals surface area contributed by atoms with Gasteiger partial charge in [0.05, 0.1) is 18.8 Å². The Labute approximate surface area is 248 Å². The number of amides is 1. The second-order valence-corrected chi connectivity index (χ2v) is 11.0. The first-order valence-electron chi connectivity index (χ1n) is 13.7. The molecule has 2 aliphatic rings. The largest absolute Gasteiger partial charge is 0.473 e. The Bertz CT molecular complexity index is 1790. The van der Waals surface area contributed by atoms with Crippen LogP contribution in [-0.2, 0) is 37.7 Å². The summed E-state index contributed by atoms with van der Waals surface area (Å²) in [5.74, 6) is -0.861. The van der Waals surface area contributed by atoms with E-state index >= 15 is 0 Å². The van der Waals surface area contributed by atoms with Crippen LogP contribution in [0.2, 0.25) is 0 Å². The number of carbonyl (C=O) groups excluding carboxylic acids is 1. The van der Waals surface area contributed by atoms with Gasteiger partial charge in [-0.1, -0.05) is 13.0 Å². The summed E-state index contributed by atoms with van der Waals surface area (Å²) in [5, 5.41) is 7.26. The molecular weight excluding hydrogens is 586 g/mol. The third-order valence-corrected chi connectivity index (χ3v) is 7.61. The lowest BCUT2D eigenvalue weighted by atomic mass is 9.92. The number of fused-ring (bicyclic) bond motifs is 3. The number of benzene rings is 1.